The molecule has 1 heteroatoms. The predicted octanol–water partition coefficient (Wildman–Crippen LogP) is 15.5. The number of rotatable bonds is 5. The lowest BCUT2D eigenvalue weighted by molar-refractivity contribution is -0.0761. The second-order valence-corrected chi connectivity index (χ2v) is 20.8. The van der Waals surface area contributed by atoms with E-state index in [2.05, 4.69) is 184 Å². The van der Waals surface area contributed by atoms with Crippen molar-refractivity contribution in [2.75, 3.05) is 4.90 Å². The van der Waals surface area contributed by atoms with E-state index in [4.69, 9.17) is 0 Å². The molecular weight excluding hydrogens is 711 g/mol. The Morgan fingerprint density at radius 1 is 0.525 bits per heavy atom. The van der Waals surface area contributed by atoms with Crippen LogP contribution in [0.15, 0.2) is 152 Å². The quantitative estimate of drug-likeness (QED) is 0.169. The molecule has 7 aliphatic rings. The summed E-state index contributed by atoms with van der Waals surface area (Å²) < 4.78 is 0. The van der Waals surface area contributed by atoms with Gasteiger partial charge in [0.25, 0.3) is 0 Å². The fourth-order valence-electron chi connectivity index (χ4n) is 14.3. The van der Waals surface area contributed by atoms with Gasteiger partial charge < -0.3 is 4.90 Å². The van der Waals surface area contributed by atoms with E-state index in [9.17, 15) is 0 Å². The minimum Gasteiger partial charge on any atom is -0.310 e. The van der Waals surface area contributed by atoms with Crippen LogP contribution < -0.4 is 4.90 Å². The number of fused-ring (bicyclic) bond motifs is 5. The Kier molecular flexibility index (Phi) is 7.84. The topological polar surface area (TPSA) is 3.24 Å². The number of nitrogens with zero attached hydrogens (tertiary/aromatic N) is 1. The minimum atomic E-state index is 0.0648. The van der Waals surface area contributed by atoms with Gasteiger partial charge in [0.05, 0.1) is 5.69 Å². The van der Waals surface area contributed by atoms with Gasteiger partial charge in [-0.1, -0.05) is 149 Å². The van der Waals surface area contributed by atoms with Crippen LogP contribution in [0, 0.1) is 29.6 Å². The molecule has 2 unspecified atom stereocenters. The van der Waals surface area contributed by atoms with Crippen molar-refractivity contribution in [2.24, 2.45) is 29.6 Å². The van der Waals surface area contributed by atoms with E-state index < -0.39 is 0 Å². The molecular formula is C58H57N. The molecule has 2 atom stereocenters. The highest BCUT2D eigenvalue weighted by Gasteiger charge is 2.64. The zero-order valence-electron chi connectivity index (χ0n) is 35.3. The largest absolute Gasteiger partial charge is 0.310 e. The van der Waals surface area contributed by atoms with Crippen LogP contribution in [0.1, 0.15) is 101 Å². The average molecular weight is 768 g/mol. The molecule has 13 rings (SSSR count). The Morgan fingerprint density at radius 3 is 1.92 bits per heavy atom. The fraction of sp³-hybridized carbons (Fsp3) is 0.345. The molecule has 6 aromatic carbocycles. The molecule has 7 aliphatic carbocycles. The van der Waals surface area contributed by atoms with E-state index >= 15 is 0 Å². The van der Waals surface area contributed by atoms with Crippen LogP contribution in [0.25, 0.3) is 33.0 Å². The molecule has 0 amide bonds. The lowest BCUT2D eigenvalue weighted by Gasteiger charge is -2.63. The number of anilines is 3. The Bertz CT molecular complexity index is 2650. The van der Waals surface area contributed by atoms with Crippen molar-refractivity contribution in [1.82, 2.24) is 0 Å². The van der Waals surface area contributed by atoms with Gasteiger partial charge in [-0.15, -0.1) is 0 Å². The molecule has 4 bridgehead atoms. The van der Waals surface area contributed by atoms with Crippen LogP contribution in [-0.2, 0) is 16.2 Å². The standard InChI is InChI=1S/C58H57N/c1-56(2)29-30-57(3,4)55-52(56)17-10-18-54(55)59(45-25-23-40(24-26-45)39-19-21-42(22-20-39)48-15-9-12-41-11-5-6-13-47(41)48)46-27-28-50-49-14-7-8-16-51(49)58(53(50)36-46)43-32-37-31-38(34-43)35-44(58)33-37/h5-28,36-38,43-44,49,51H,29-35H2,1-4H3. The smallest absolute Gasteiger partial charge is 0.0502 e. The monoisotopic (exact) mass is 767 g/mol. The Labute approximate surface area is 351 Å². The van der Waals surface area contributed by atoms with E-state index in [0.717, 1.165) is 23.7 Å². The van der Waals surface area contributed by atoms with Crippen molar-refractivity contribution in [3.8, 4) is 22.3 Å². The molecule has 0 heterocycles. The molecule has 4 saturated carbocycles. The summed E-state index contributed by atoms with van der Waals surface area (Å²) in [4.78, 5) is 2.66. The zero-order chi connectivity index (χ0) is 39.7. The third-order valence-corrected chi connectivity index (χ3v) is 16.8. The van der Waals surface area contributed by atoms with Gasteiger partial charge in [-0.05, 0) is 171 Å². The highest BCUT2D eigenvalue weighted by Crippen LogP contribution is 2.71. The average Bonchev–Trinajstić information content (AvgIpc) is 3.54. The van der Waals surface area contributed by atoms with Crippen LogP contribution in [0.3, 0.4) is 0 Å². The Hall–Kier alpha value is -5.14. The van der Waals surface area contributed by atoms with Crippen molar-refractivity contribution in [3.05, 3.63) is 174 Å². The molecule has 0 aliphatic heterocycles. The molecule has 4 fully saturated rings. The number of benzene rings is 6. The van der Waals surface area contributed by atoms with Crippen LogP contribution in [0.5, 0.6) is 0 Å². The first-order valence-corrected chi connectivity index (χ1v) is 22.8. The van der Waals surface area contributed by atoms with Crippen molar-refractivity contribution in [3.63, 3.8) is 0 Å². The lowest BCUT2D eigenvalue weighted by atomic mass is 9.41. The maximum Gasteiger partial charge on any atom is 0.0502 e. The van der Waals surface area contributed by atoms with Gasteiger partial charge in [0.1, 0.15) is 0 Å². The SMILES string of the molecule is CC1(C)CCC(C)(C)c2c(N(c3ccc(-c4ccc(-c5cccc6ccccc56)cc4)cc3)c3ccc4c(c3)C3(C5CC6CC(C5)CC3C6)C3C=CC=CC43)cccc21. The van der Waals surface area contributed by atoms with Gasteiger partial charge in [0, 0.05) is 22.7 Å². The summed E-state index contributed by atoms with van der Waals surface area (Å²) in [5, 5.41) is 2.58. The van der Waals surface area contributed by atoms with E-state index in [0.29, 0.717) is 11.8 Å². The van der Waals surface area contributed by atoms with E-state index in [1.165, 1.54) is 106 Å². The summed E-state index contributed by atoms with van der Waals surface area (Å²) in [6.45, 7) is 9.90. The molecule has 294 valence electrons. The van der Waals surface area contributed by atoms with Crippen molar-refractivity contribution in [1.29, 1.82) is 0 Å². The molecule has 0 N–H and O–H groups in total. The van der Waals surface area contributed by atoms with Crippen LogP contribution in [0.2, 0.25) is 0 Å². The van der Waals surface area contributed by atoms with Gasteiger partial charge in [-0.2, -0.15) is 0 Å². The van der Waals surface area contributed by atoms with E-state index in [-0.39, 0.29) is 16.2 Å². The first kappa shape index (κ1) is 35.8. The Morgan fingerprint density at radius 2 is 1.15 bits per heavy atom. The van der Waals surface area contributed by atoms with Crippen molar-refractivity contribution < 1.29 is 0 Å². The Balaban J connectivity index is 0.993. The van der Waals surface area contributed by atoms with Gasteiger partial charge in [0.2, 0.25) is 0 Å². The van der Waals surface area contributed by atoms with Crippen LogP contribution in [-0.4, -0.2) is 0 Å². The zero-order valence-corrected chi connectivity index (χ0v) is 35.3. The maximum absolute atomic E-state index is 2.72. The summed E-state index contributed by atoms with van der Waals surface area (Å²) in [6.07, 6.45) is 19.5. The van der Waals surface area contributed by atoms with Gasteiger partial charge in [0.15, 0.2) is 0 Å². The third kappa shape index (κ3) is 5.28. The maximum atomic E-state index is 2.72. The fourth-order valence-corrected chi connectivity index (χ4v) is 14.3. The molecule has 59 heavy (non-hydrogen) atoms. The van der Waals surface area contributed by atoms with Crippen molar-refractivity contribution in [2.45, 2.75) is 94.8 Å². The van der Waals surface area contributed by atoms with Crippen LogP contribution in [0.4, 0.5) is 17.1 Å². The highest BCUT2D eigenvalue weighted by molar-refractivity contribution is 5.97. The predicted molar refractivity (Wildman–Crippen MR) is 248 cm³/mol. The minimum absolute atomic E-state index is 0.0648. The number of hydrogen-bond acceptors (Lipinski definition) is 1. The molecule has 6 aromatic rings. The van der Waals surface area contributed by atoms with Gasteiger partial charge in [-0.3, -0.25) is 0 Å². The second-order valence-electron chi connectivity index (χ2n) is 20.8. The highest BCUT2D eigenvalue weighted by atomic mass is 15.1. The molecule has 1 spiro atoms. The molecule has 0 aromatic heterocycles. The molecule has 0 radical (unpaired) electrons. The lowest BCUT2D eigenvalue weighted by Crippen LogP contribution is -2.57. The number of hydrogen-bond donors (Lipinski definition) is 0. The number of allylic oxidation sites excluding steroid dienone is 4. The van der Waals surface area contributed by atoms with E-state index in [1.807, 2.05) is 0 Å². The summed E-state index contributed by atoms with van der Waals surface area (Å²) in [5.74, 6) is 4.55. The molecule has 0 saturated heterocycles. The van der Waals surface area contributed by atoms with E-state index in [1.54, 1.807) is 11.1 Å². The third-order valence-electron chi connectivity index (χ3n) is 16.8. The van der Waals surface area contributed by atoms with Gasteiger partial charge >= 0.3 is 0 Å². The summed E-state index contributed by atoms with van der Waals surface area (Å²) in [7, 11) is 0. The molecule has 1 nitrogen and oxygen atoms in total. The van der Waals surface area contributed by atoms with Crippen molar-refractivity contribution >= 4 is 27.8 Å². The van der Waals surface area contributed by atoms with Gasteiger partial charge in [-0.25, -0.2) is 0 Å². The first-order chi connectivity index (χ1) is 28.7. The first-order valence-electron chi connectivity index (χ1n) is 22.8. The normalized spacial score (nSPS) is 28.7. The summed E-state index contributed by atoms with van der Waals surface area (Å²) >= 11 is 0. The summed E-state index contributed by atoms with van der Waals surface area (Å²) in [6, 6.07) is 49.0. The van der Waals surface area contributed by atoms with Crippen LogP contribution >= 0.6 is 0 Å². The second kappa shape index (κ2) is 12.9. The summed E-state index contributed by atoms with van der Waals surface area (Å²) in [5.41, 5.74) is 15.7.